The summed E-state index contributed by atoms with van der Waals surface area (Å²) >= 11 is 0.509. The van der Waals surface area contributed by atoms with Gasteiger partial charge in [-0.25, -0.2) is 13.2 Å². The zero-order valence-corrected chi connectivity index (χ0v) is 6.84. The molecule has 0 fully saturated rings. The van der Waals surface area contributed by atoms with Gasteiger partial charge in [0.05, 0.1) is 10.2 Å². The lowest BCUT2D eigenvalue weighted by Gasteiger charge is -1.94. The smallest absolute Gasteiger partial charge is 0.305 e. The minimum Gasteiger partial charge on any atom is -0.312 e. The number of hydrogen-bond acceptors (Lipinski definition) is 2. The lowest BCUT2D eigenvalue weighted by Crippen LogP contribution is -1.91. The Kier molecular flexibility index (Phi) is 1.66. The van der Waals surface area contributed by atoms with Crippen LogP contribution in [0, 0.1) is 17.5 Å². The summed E-state index contributed by atoms with van der Waals surface area (Å²) in [5.74, 6) is -4.18. The van der Waals surface area contributed by atoms with E-state index in [9.17, 15) is 18.0 Å². The van der Waals surface area contributed by atoms with Gasteiger partial charge < -0.3 is 4.98 Å². The summed E-state index contributed by atoms with van der Waals surface area (Å²) in [6.45, 7) is 0. The maximum atomic E-state index is 12.9. The minimum atomic E-state index is -1.55. The van der Waals surface area contributed by atoms with Gasteiger partial charge in [-0.3, -0.25) is 4.79 Å². The van der Waals surface area contributed by atoms with E-state index in [-0.39, 0.29) is 10.2 Å². The molecule has 1 aromatic heterocycles. The second-order valence-corrected chi connectivity index (χ2v) is 3.36. The molecule has 2 nitrogen and oxygen atoms in total. The standard InChI is InChI=1S/C7H2F3NOS/c8-2-1-3-6(5(10)4(2)9)13-7(12)11-3/h1H,(H,11,12). The van der Waals surface area contributed by atoms with Crippen molar-refractivity contribution in [3.8, 4) is 0 Å². The summed E-state index contributed by atoms with van der Waals surface area (Å²) in [5, 5.41) is 0. The van der Waals surface area contributed by atoms with Crippen LogP contribution in [0.25, 0.3) is 10.2 Å². The summed E-state index contributed by atoms with van der Waals surface area (Å²) < 4.78 is 37.9. The van der Waals surface area contributed by atoms with Crippen LogP contribution in [0.15, 0.2) is 10.9 Å². The Labute approximate surface area is 73.6 Å². The summed E-state index contributed by atoms with van der Waals surface area (Å²) in [5.41, 5.74) is -0.0219. The molecule has 0 saturated heterocycles. The van der Waals surface area contributed by atoms with Crippen molar-refractivity contribution in [1.29, 1.82) is 0 Å². The average molecular weight is 205 g/mol. The molecule has 2 aromatic rings. The van der Waals surface area contributed by atoms with E-state index in [0.717, 1.165) is 6.07 Å². The van der Waals surface area contributed by atoms with E-state index in [1.54, 1.807) is 0 Å². The highest BCUT2D eigenvalue weighted by molar-refractivity contribution is 7.16. The average Bonchev–Trinajstić information content (AvgIpc) is 2.42. The predicted molar refractivity (Wildman–Crippen MR) is 42.3 cm³/mol. The van der Waals surface area contributed by atoms with Gasteiger partial charge in [-0.05, 0) is 0 Å². The van der Waals surface area contributed by atoms with Crippen molar-refractivity contribution in [3.05, 3.63) is 33.2 Å². The molecule has 0 amide bonds. The van der Waals surface area contributed by atoms with Crippen LogP contribution in [0.4, 0.5) is 13.2 Å². The quantitative estimate of drug-likeness (QED) is 0.655. The van der Waals surface area contributed by atoms with Crippen LogP contribution in [0.2, 0.25) is 0 Å². The highest BCUT2D eigenvalue weighted by Crippen LogP contribution is 2.22. The molecule has 0 aliphatic rings. The van der Waals surface area contributed by atoms with Gasteiger partial charge >= 0.3 is 4.87 Å². The monoisotopic (exact) mass is 205 g/mol. The highest BCUT2D eigenvalue weighted by atomic mass is 32.1. The van der Waals surface area contributed by atoms with Gasteiger partial charge in [-0.2, -0.15) is 0 Å². The number of benzene rings is 1. The zero-order chi connectivity index (χ0) is 9.59. The van der Waals surface area contributed by atoms with Crippen LogP contribution in [-0.2, 0) is 0 Å². The molecule has 68 valence electrons. The van der Waals surface area contributed by atoms with Gasteiger partial charge in [0.2, 0.25) is 0 Å². The molecule has 1 N–H and O–H groups in total. The van der Waals surface area contributed by atoms with Gasteiger partial charge in [-0.1, -0.05) is 11.3 Å². The molecule has 0 aliphatic carbocycles. The summed E-state index contributed by atoms with van der Waals surface area (Å²) in [6.07, 6.45) is 0. The van der Waals surface area contributed by atoms with Gasteiger partial charge in [0.1, 0.15) is 0 Å². The summed E-state index contributed by atoms with van der Waals surface area (Å²) in [6, 6.07) is 0.756. The van der Waals surface area contributed by atoms with E-state index in [1.165, 1.54) is 0 Å². The third-order valence-corrected chi connectivity index (χ3v) is 2.44. The van der Waals surface area contributed by atoms with E-state index in [2.05, 4.69) is 4.98 Å². The zero-order valence-electron chi connectivity index (χ0n) is 6.03. The second kappa shape index (κ2) is 2.59. The van der Waals surface area contributed by atoms with Gasteiger partial charge in [0, 0.05) is 6.07 Å². The van der Waals surface area contributed by atoms with E-state index in [4.69, 9.17) is 0 Å². The number of thiazole rings is 1. The number of hydrogen-bond donors (Lipinski definition) is 1. The first-order valence-corrected chi connectivity index (χ1v) is 4.07. The first-order valence-electron chi connectivity index (χ1n) is 3.26. The van der Waals surface area contributed by atoms with Crippen molar-refractivity contribution < 1.29 is 13.2 Å². The molecular formula is C7H2F3NOS. The Bertz CT molecular complexity index is 530. The second-order valence-electron chi connectivity index (χ2n) is 2.38. The Morgan fingerprint density at radius 2 is 1.92 bits per heavy atom. The van der Waals surface area contributed by atoms with E-state index < -0.39 is 22.3 Å². The summed E-state index contributed by atoms with van der Waals surface area (Å²) in [4.78, 5) is 12.4. The van der Waals surface area contributed by atoms with Crippen LogP contribution in [-0.4, -0.2) is 4.98 Å². The Morgan fingerprint density at radius 3 is 2.62 bits per heavy atom. The maximum Gasteiger partial charge on any atom is 0.305 e. The van der Waals surface area contributed by atoms with Gasteiger partial charge in [0.15, 0.2) is 17.5 Å². The molecular weight excluding hydrogens is 203 g/mol. The normalized spacial score (nSPS) is 11.0. The molecule has 13 heavy (non-hydrogen) atoms. The molecule has 0 unspecified atom stereocenters. The lowest BCUT2D eigenvalue weighted by molar-refractivity contribution is 0.454. The molecule has 0 saturated carbocycles. The van der Waals surface area contributed by atoms with Crippen molar-refractivity contribution in [2.75, 3.05) is 0 Å². The molecule has 0 aliphatic heterocycles. The first-order chi connectivity index (χ1) is 6.09. The fourth-order valence-corrected chi connectivity index (χ4v) is 1.74. The van der Waals surface area contributed by atoms with Crippen LogP contribution in [0.5, 0.6) is 0 Å². The fraction of sp³-hybridized carbons (Fsp3) is 0. The molecule has 0 radical (unpaired) electrons. The molecule has 1 aromatic carbocycles. The Hall–Kier alpha value is -1.30. The Balaban J connectivity index is 3.00. The van der Waals surface area contributed by atoms with Crippen LogP contribution >= 0.6 is 11.3 Å². The largest absolute Gasteiger partial charge is 0.312 e. The van der Waals surface area contributed by atoms with E-state index >= 15 is 0 Å². The van der Waals surface area contributed by atoms with Crippen LogP contribution in [0.1, 0.15) is 0 Å². The minimum absolute atomic E-state index is 0.0219. The van der Waals surface area contributed by atoms with Crippen molar-refractivity contribution in [2.45, 2.75) is 0 Å². The highest BCUT2D eigenvalue weighted by Gasteiger charge is 2.15. The number of aromatic nitrogens is 1. The Morgan fingerprint density at radius 1 is 1.23 bits per heavy atom. The lowest BCUT2D eigenvalue weighted by atomic mass is 10.3. The molecule has 1 heterocycles. The maximum absolute atomic E-state index is 12.9. The van der Waals surface area contributed by atoms with Crippen molar-refractivity contribution in [3.63, 3.8) is 0 Å². The van der Waals surface area contributed by atoms with Crippen molar-refractivity contribution in [1.82, 2.24) is 4.98 Å². The molecule has 0 bridgehead atoms. The number of H-pyrrole nitrogens is 1. The first kappa shape index (κ1) is 8.31. The fourth-order valence-electron chi connectivity index (χ4n) is 0.999. The topological polar surface area (TPSA) is 32.9 Å². The van der Waals surface area contributed by atoms with Gasteiger partial charge in [-0.15, -0.1) is 0 Å². The third kappa shape index (κ3) is 1.14. The number of aromatic amines is 1. The SMILES string of the molecule is O=c1[nH]c2cc(F)c(F)c(F)c2s1. The third-order valence-electron chi connectivity index (χ3n) is 1.55. The summed E-state index contributed by atoms with van der Waals surface area (Å²) in [7, 11) is 0. The predicted octanol–water partition coefficient (Wildman–Crippen LogP) is 2.01. The molecule has 0 spiro atoms. The number of fused-ring (bicyclic) bond motifs is 1. The molecule has 2 rings (SSSR count). The number of rotatable bonds is 0. The van der Waals surface area contributed by atoms with Crippen molar-refractivity contribution in [2.24, 2.45) is 0 Å². The van der Waals surface area contributed by atoms with Gasteiger partial charge in [0.25, 0.3) is 0 Å². The molecule has 0 atom stereocenters. The molecule has 6 heteroatoms. The van der Waals surface area contributed by atoms with Crippen molar-refractivity contribution >= 4 is 21.6 Å². The van der Waals surface area contributed by atoms with Crippen LogP contribution in [0.3, 0.4) is 0 Å². The van der Waals surface area contributed by atoms with Crippen LogP contribution < -0.4 is 4.87 Å². The number of halogens is 3. The number of nitrogens with one attached hydrogen (secondary N) is 1. The van der Waals surface area contributed by atoms with E-state index in [1.807, 2.05) is 0 Å². The van der Waals surface area contributed by atoms with E-state index in [0.29, 0.717) is 11.3 Å².